The molecule has 1 aliphatic rings. The standard InChI is InChI=1S/C22H25N3O4S/c1-14-18-20(26)23-17(24-21(18)30-19(14)22(27)28-2)13-25(12-16-9-6-10-29-16)11-15-7-4-3-5-8-15/h3-5,7-8,16H,6,9-13H2,1-2H3,(H,23,24,26). The second-order valence-corrected chi connectivity index (χ2v) is 8.53. The molecular weight excluding hydrogens is 402 g/mol. The molecular formula is C22H25N3O4S. The average molecular weight is 428 g/mol. The molecule has 1 N–H and O–H groups in total. The summed E-state index contributed by atoms with van der Waals surface area (Å²) in [5.41, 5.74) is 1.58. The molecule has 30 heavy (non-hydrogen) atoms. The predicted octanol–water partition coefficient (Wildman–Crippen LogP) is 3.26. The van der Waals surface area contributed by atoms with Crippen LogP contribution in [0.25, 0.3) is 10.2 Å². The summed E-state index contributed by atoms with van der Waals surface area (Å²) in [4.78, 5) is 35.5. The van der Waals surface area contributed by atoms with E-state index in [0.29, 0.717) is 33.0 Å². The molecule has 0 aliphatic carbocycles. The summed E-state index contributed by atoms with van der Waals surface area (Å²) in [5, 5.41) is 0.456. The third-order valence-corrected chi connectivity index (χ3v) is 6.49. The Balaban J connectivity index is 1.62. The summed E-state index contributed by atoms with van der Waals surface area (Å²) in [6.45, 7) is 4.55. The van der Waals surface area contributed by atoms with Crippen LogP contribution in [0.3, 0.4) is 0 Å². The predicted molar refractivity (Wildman–Crippen MR) is 116 cm³/mol. The monoisotopic (exact) mass is 427 g/mol. The van der Waals surface area contributed by atoms with E-state index in [-0.39, 0.29) is 11.7 Å². The van der Waals surface area contributed by atoms with Gasteiger partial charge in [0.2, 0.25) is 0 Å². The van der Waals surface area contributed by atoms with Crippen LogP contribution in [0, 0.1) is 6.92 Å². The van der Waals surface area contributed by atoms with Gasteiger partial charge < -0.3 is 14.5 Å². The summed E-state index contributed by atoms with van der Waals surface area (Å²) in [6, 6.07) is 10.2. The van der Waals surface area contributed by atoms with Crippen LogP contribution in [-0.4, -0.2) is 47.2 Å². The van der Waals surface area contributed by atoms with E-state index in [2.05, 4.69) is 27.0 Å². The number of methoxy groups -OCH3 is 1. The number of benzene rings is 1. The summed E-state index contributed by atoms with van der Waals surface area (Å²) in [5.74, 6) is 0.139. The first-order valence-electron chi connectivity index (χ1n) is 10.0. The number of hydrogen-bond acceptors (Lipinski definition) is 7. The van der Waals surface area contributed by atoms with Crippen molar-refractivity contribution in [3.8, 4) is 0 Å². The number of ether oxygens (including phenoxy) is 2. The van der Waals surface area contributed by atoms with E-state index in [9.17, 15) is 9.59 Å². The fourth-order valence-electron chi connectivity index (χ4n) is 3.87. The van der Waals surface area contributed by atoms with Gasteiger partial charge in [-0.25, -0.2) is 9.78 Å². The molecule has 158 valence electrons. The van der Waals surface area contributed by atoms with Crippen molar-refractivity contribution in [3.05, 3.63) is 62.5 Å². The maximum absolute atomic E-state index is 12.7. The van der Waals surface area contributed by atoms with E-state index in [4.69, 9.17) is 9.47 Å². The highest BCUT2D eigenvalue weighted by Crippen LogP contribution is 2.27. The summed E-state index contributed by atoms with van der Waals surface area (Å²) in [7, 11) is 1.34. The number of thiophene rings is 1. The van der Waals surface area contributed by atoms with Gasteiger partial charge >= 0.3 is 5.97 Å². The normalized spacial score (nSPS) is 16.4. The quantitative estimate of drug-likeness (QED) is 0.583. The van der Waals surface area contributed by atoms with Gasteiger partial charge in [0.15, 0.2) is 0 Å². The van der Waals surface area contributed by atoms with E-state index < -0.39 is 5.97 Å². The smallest absolute Gasteiger partial charge is 0.348 e. The average Bonchev–Trinajstić information content (AvgIpc) is 3.36. The third-order valence-electron chi connectivity index (χ3n) is 5.33. The lowest BCUT2D eigenvalue weighted by Crippen LogP contribution is -2.32. The maximum Gasteiger partial charge on any atom is 0.348 e. The number of fused-ring (bicyclic) bond motifs is 1. The van der Waals surface area contributed by atoms with Crippen LogP contribution in [0.4, 0.5) is 0 Å². The fraction of sp³-hybridized carbons (Fsp3) is 0.409. The number of carbonyl (C=O) groups excluding carboxylic acids is 1. The first-order chi connectivity index (χ1) is 14.5. The molecule has 1 aromatic carbocycles. The lowest BCUT2D eigenvalue weighted by Gasteiger charge is -2.24. The Morgan fingerprint density at radius 2 is 2.13 bits per heavy atom. The molecule has 0 spiro atoms. The number of aryl methyl sites for hydroxylation is 1. The molecule has 0 saturated carbocycles. The van der Waals surface area contributed by atoms with E-state index in [1.165, 1.54) is 24.0 Å². The van der Waals surface area contributed by atoms with Crippen molar-refractivity contribution in [1.29, 1.82) is 0 Å². The molecule has 1 fully saturated rings. The van der Waals surface area contributed by atoms with Crippen LogP contribution in [0.1, 0.15) is 39.5 Å². The third kappa shape index (κ3) is 4.45. The Labute approximate surface area is 178 Å². The molecule has 7 nitrogen and oxygen atoms in total. The second-order valence-electron chi connectivity index (χ2n) is 7.53. The fourth-order valence-corrected chi connectivity index (χ4v) is 4.98. The van der Waals surface area contributed by atoms with Crippen molar-refractivity contribution < 1.29 is 14.3 Å². The number of hydrogen-bond donors (Lipinski definition) is 1. The number of H-pyrrole nitrogens is 1. The molecule has 1 atom stereocenters. The van der Waals surface area contributed by atoms with Crippen LogP contribution < -0.4 is 5.56 Å². The minimum atomic E-state index is -0.444. The van der Waals surface area contributed by atoms with Gasteiger partial charge in [-0.2, -0.15) is 0 Å². The van der Waals surface area contributed by atoms with Crippen molar-refractivity contribution in [1.82, 2.24) is 14.9 Å². The zero-order valence-electron chi connectivity index (χ0n) is 17.1. The van der Waals surface area contributed by atoms with Gasteiger partial charge in [0, 0.05) is 19.7 Å². The molecule has 3 heterocycles. The van der Waals surface area contributed by atoms with Crippen molar-refractivity contribution in [2.24, 2.45) is 0 Å². The van der Waals surface area contributed by atoms with Gasteiger partial charge in [-0.15, -0.1) is 11.3 Å². The zero-order valence-corrected chi connectivity index (χ0v) is 18.0. The van der Waals surface area contributed by atoms with E-state index in [0.717, 1.165) is 32.5 Å². The highest BCUT2D eigenvalue weighted by molar-refractivity contribution is 7.20. The Morgan fingerprint density at radius 3 is 2.83 bits per heavy atom. The maximum atomic E-state index is 12.7. The van der Waals surface area contributed by atoms with Crippen molar-refractivity contribution in [2.45, 2.75) is 39.0 Å². The molecule has 4 rings (SSSR count). The minimum absolute atomic E-state index is 0.194. The lowest BCUT2D eigenvalue weighted by molar-refractivity contribution is 0.0605. The van der Waals surface area contributed by atoms with E-state index >= 15 is 0 Å². The second kappa shape index (κ2) is 9.07. The van der Waals surface area contributed by atoms with Gasteiger partial charge in [-0.1, -0.05) is 30.3 Å². The zero-order chi connectivity index (χ0) is 21.1. The number of aromatic amines is 1. The van der Waals surface area contributed by atoms with Crippen LogP contribution in [-0.2, 0) is 22.6 Å². The highest BCUT2D eigenvalue weighted by Gasteiger charge is 2.22. The molecule has 8 heteroatoms. The summed E-state index contributed by atoms with van der Waals surface area (Å²) >= 11 is 1.20. The minimum Gasteiger partial charge on any atom is -0.465 e. The number of rotatable bonds is 7. The van der Waals surface area contributed by atoms with Crippen molar-refractivity contribution in [2.75, 3.05) is 20.3 Å². The number of carbonyl (C=O) groups is 1. The number of esters is 1. The Bertz CT molecular complexity index is 1090. The van der Waals surface area contributed by atoms with Gasteiger partial charge in [0.25, 0.3) is 5.56 Å². The van der Waals surface area contributed by atoms with Gasteiger partial charge in [-0.05, 0) is 30.9 Å². The molecule has 1 saturated heterocycles. The number of nitrogens with zero attached hydrogens (tertiary/aromatic N) is 2. The number of aromatic nitrogens is 2. The summed E-state index contributed by atoms with van der Waals surface area (Å²) in [6.07, 6.45) is 2.32. The van der Waals surface area contributed by atoms with Crippen LogP contribution >= 0.6 is 11.3 Å². The molecule has 1 unspecified atom stereocenters. The van der Waals surface area contributed by atoms with Crippen LogP contribution in [0.15, 0.2) is 35.1 Å². The Morgan fingerprint density at radius 1 is 1.33 bits per heavy atom. The molecule has 3 aromatic rings. The first kappa shape index (κ1) is 20.7. The van der Waals surface area contributed by atoms with Gasteiger partial charge in [0.1, 0.15) is 15.5 Å². The van der Waals surface area contributed by atoms with Gasteiger partial charge in [0.05, 0.1) is 25.1 Å². The summed E-state index contributed by atoms with van der Waals surface area (Å²) < 4.78 is 10.7. The van der Waals surface area contributed by atoms with Crippen molar-refractivity contribution in [3.63, 3.8) is 0 Å². The molecule has 2 aromatic heterocycles. The molecule has 0 radical (unpaired) electrons. The van der Waals surface area contributed by atoms with E-state index in [1.807, 2.05) is 18.2 Å². The Hall–Kier alpha value is -2.55. The van der Waals surface area contributed by atoms with Crippen molar-refractivity contribution >= 4 is 27.5 Å². The SMILES string of the molecule is COC(=O)c1sc2nc(CN(Cc3ccccc3)CC3CCCO3)[nH]c(=O)c2c1C. The molecule has 0 amide bonds. The van der Waals surface area contributed by atoms with E-state index in [1.54, 1.807) is 6.92 Å². The number of nitrogens with one attached hydrogen (secondary N) is 1. The molecule has 0 bridgehead atoms. The van der Waals surface area contributed by atoms with Crippen LogP contribution in [0.5, 0.6) is 0 Å². The lowest BCUT2D eigenvalue weighted by atomic mass is 10.2. The first-order valence-corrected chi connectivity index (χ1v) is 10.8. The largest absolute Gasteiger partial charge is 0.465 e. The van der Waals surface area contributed by atoms with Gasteiger partial charge in [-0.3, -0.25) is 9.69 Å². The Kier molecular flexibility index (Phi) is 6.26. The molecule has 1 aliphatic heterocycles. The van der Waals surface area contributed by atoms with Crippen LogP contribution in [0.2, 0.25) is 0 Å². The highest BCUT2D eigenvalue weighted by atomic mass is 32.1. The topological polar surface area (TPSA) is 84.5 Å².